The summed E-state index contributed by atoms with van der Waals surface area (Å²) < 4.78 is 48.7. The number of methoxy groups -OCH3 is 1. The largest absolute Gasteiger partial charge is 0.508 e. The Labute approximate surface area is 479 Å². The summed E-state index contributed by atoms with van der Waals surface area (Å²) in [6.07, 6.45) is 10.8. The SMILES string of the molecule is CC.CCc1c(F)ccc2cc(O)cc(-c3nc4c5c(nc(OCC67CCCN6CCC7)nc5c3F)N3CCCOCC3CC4)c12.COC.O=CN1CCC(CN2CCN(c3ccc4c(c3)CN(C3CCC(=O)NC3=O)C4=O)CC2)CC1. The Bertz CT molecular complexity index is 3140. The van der Waals surface area contributed by atoms with Crippen molar-refractivity contribution in [2.45, 2.75) is 122 Å². The molecule has 0 radical (unpaired) electrons. The van der Waals surface area contributed by atoms with Gasteiger partial charge in [0, 0.05) is 103 Å². The number of fused-ring (bicyclic) bond motifs is 5. The van der Waals surface area contributed by atoms with Crippen molar-refractivity contribution in [2.75, 3.05) is 109 Å². The van der Waals surface area contributed by atoms with Gasteiger partial charge in [0.05, 0.1) is 29.3 Å². The maximum atomic E-state index is 17.0. The van der Waals surface area contributed by atoms with Gasteiger partial charge in [-0.05, 0) is 148 Å². The molecule has 82 heavy (non-hydrogen) atoms. The number of aryl methyl sites for hydroxylation is 2. The number of imide groups is 1. The van der Waals surface area contributed by atoms with Crippen molar-refractivity contribution in [3.05, 3.63) is 76.5 Å². The van der Waals surface area contributed by atoms with Crippen LogP contribution in [0.4, 0.5) is 20.3 Å². The minimum absolute atomic E-state index is 0.0143. The smallest absolute Gasteiger partial charge is 0.319 e. The highest BCUT2D eigenvalue weighted by Gasteiger charge is 2.45. The zero-order valence-electron chi connectivity index (χ0n) is 48.3. The number of piperidine rings is 2. The third kappa shape index (κ3) is 12.0. The second kappa shape index (κ2) is 25.9. The van der Waals surface area contributed by atoms with E-state index in [1.165, 1.54) is 12.1 Å². The molecule has 6 fully saturated rings. The molecule has 0 aliphatic carbocycles. The van der Waals surface area contributed by atoms with E-state index in [1.54, 1.807) is 31.3 Å². The maximum Gasteiger partial charge on any atom is 0.319 e. The molecule has 2 unspecified atom stereocenters. The summed E-state index contributed by atoms with van der Waals surface area (Å²) in [6.45, 7) is 17.6. The number of carbonyl (C=O) groups is 4. The molecule has 440 valence electrons. The number of phenols is 1. The lowest BCUT2D eigenvalue weighted by molar-refractivity contribution is -0.137. The Balaban J connectivity index is 0.000000177. The van der Waals surface area contributed by atoms with Crippen LogP contribution in [0.3, 0.4) is 0 Å². The van der Waals surface area contributed by atoms with Gasteiger partial charge in [0.15, 0.2) is 5.82 Å². The molecular formula is C62H80F2N10O8. The fourth-order valence-corrected chi connectivity index (χ4v) is 13.7. The molecule has 10 heterocycles. The van der Waals surface area contributed by atoms with Crippen molar-refractivity contribution < 1.29 is 47.3 Å². The number of carbonyl (C=O) groups excluding carboxylic acids is 4. The standard InChI is InChI=1S/C34H37F2N5O3.C24H31N5O4.C2H6O.C2H6/c1-2-23-25(35)8-6-20-16-22(42)17-24(27(20)23)30-29(36)31-28-26(37-30)9-7-21-18-43-15-5-14-41(21)32(28)39-33(38-31)44-19-34-10-3-12-40(34)13-4-11-34;30-16-27-7-5-17(6-8-27)14-26-9-11-28(12-10-26)19-1-2-20-18(13-19)15-29(24(20)33)21-3-4-22(31)25-23(21)32;1-3-2;1-2/h6,8,16-17,21,42H,2-5,7,9-15,18-19H2,1H3;1-2,13,16-17,21H,3-12,14-15H2,(H,25,31,32);1-2H3;1-2H3. The summed E-state index contributed by atoms with van der Waals surface area (Å²) >= 11 is 0. The molecule has 2 atom stereocenters. The second-order valence-corrected chi connectivity index (χ2v) is 22.8. The molecule has 0 bridgehead atoms. The number of phenolic OH excluding ortho intramolecular Hbond substituents is 1. The average molecular weight is 1130 g/mol. The Kier molecular flexibility index (Phi) is 18.5. The van der Waals surface area contributed by atoms with Crippen LogP contribution in [0, 0.1) is 17.6 Å². The van der Waals surface area contributed by atoms with E-state index in [0.717, 1.165) is 134 Å². The molecule has 0 saturated carbocycles. The summed E-state index contributed by atoms with van der Waals surface area (Å²) in [5, 5.41) is 14.8. The highest BCUT2D eigenvalue weighted by Crippen LogP contribution is 2.44. The highest BCUT2D eigenvalue weighted by molar-refractivity contribution is 6.06. The maximum absolute atomic E-state index is 17.0. The van der Waals surface area contributed by atoms with Crippen LogP contribution in [0.25, 0.3) is 32.9 Å². The van der Waals surface area contributed by atoms with Crippen LogP contribution in [-0.2, 0) is 43.2 Å². The minimum Gasteiger partial charge on any atom is -0.508 e. The van der Waals surface area contributed by atoms with E-state index in [4.69, 9.17) is 24.4 Å². The second-order valence-electron chi connectivity index (χ2n) is 22.8. The zero-order valence-corrected chi connectivity index (χ0v) is 48.3. The van der Waals surface area contributed by atoms with E-state index < -0.39 is 11.9 Å². The number of aromatic nitrogens is 3. The van der Waals surface area contributed by atoms with Crippen LogP contribution < -0.4 is 19.9 Å². The summed E-state index contributed by atoms with van der Waals surface area (Å²) in [7, 11) is 3.25. The Morgan fingerprint density at radius 3 is 2.30 bits per heavy atom. The number of halogens is 2. The number of anilines is 2. The third-order valence-corrected chi connectivity index (χ3v) is 17.8. The molecule has 2 aromatic heterocycles. The average Bonchev–Trinajstić information content (AvgIpc) is 3.49. The number of hydrogen-bond acceptors (Lipinski definition) is 15. The third-order valence-electron chi connectivity index (χ3n) is 17.8. The van der Waals surface area contributed by atoms with E-state index in [9.17, 15) is 24.3 Å². The monoisotopic (exact) mass is 1130 g/mol. The van der Waals surface area contributed by atoms with Crippen molar-refractivity contribution in [2.24, 2.45) is 5.92 Å². The van der Waals surface area contributed by atoms with Crippen molar-refractivity contribution in [1.82, 2.24) is 39.9 Å². The number of nitrogens with zero attached hydrogens (tertiary/aromatic N) is 9. The number of benzene rings is 3. The van der Waals surface area contributed by atoms with E-state index >= 15 is 8.78 Å². The lowest BCUT2D eigenvalue weighted by atomic mass is 9.94. The van der Waals surface area contributed by atoms with Gasteiger partial charge < -0.3 is 38.9 Å². The van der Waals surface area contributed by atoms with Crippen molar-refractivity contribution in [3.63, 3.8) is 0 Å². The van der Waals surface area contributed by atoms with Gasteiger partial charge in [0.25, 0.3) is 5.91 Å². The highest BCUT2D eigenvalue weighted by atomic mass is 19.1. The lowest BCUT2D eigenvalue weighted by Crippen LogP contribution is -2.52. The van der Waals surface area contributed by atoms with Gasteiger partial charge >= 0.3 is 6.01 Å². The number of piperazine rings is 1. The summed E-state index contributed by atoms with van der Waals surface area (Å²) in [6, 6.07) is 11.7. The van der Waals surface area contributed by atoms with E-state index in [-0.39, 0.29) is 64.5 Å². The number of aromatic hydroxyl groups is 1. The molecule has 0 spiro atoms. The van der Waals surface area contributed by atoms with Crippen molar-refractivity contribution in [1.29, 1.82) is 0 Å². The summed E-state index contributed by atoms with van der Waals surface area (Å²) in [5.41, 5.74) is 4.40. The summed E-state index contributed by atoms with van der Waals surface area (Å²) in [5.74, 6) is -0.502. The Morgan fingerprint density at radius 2 is 1.59 bits per heavy atom. The van der Waals surface area contributed by atoms with Gasteiger partial charge in [-0.3, -0.25) is 34.3 Å². The topological polar surface area (TPSA) is 186 Å². The van der Waals surface area contributed by atoms with Crippen LogP contribution in [0.15, 0.2) is 42.5 Å². The van der Waals surface area contributed by atoms with Crippen molar-refractivity contribution in [3.8, 4) is 23.0 Å². The predicted octanol–water partition coefficient (Wildman–Crippen LogP) is 7.67. The van der Waals surface area contributed by atoms with Gasteiger partial charge in [0.1, 0.15) is 41.2 Å². The number of nitrogens with one attached hydrogen (secondary N) is 1. The van der Waals surface area contributed by atoms with Gasteiger partial charge in [-0.2, -0.15) is 9.97 Å². The first kappa shape index (κ1) is 58.6. The molecule has 18 nitrogen and oxygen atoms in total. The fourth-order valence-electron chi connectivity index (χ4n) is 13.7. The molecule has 4 amide bonds. The van der Waals surface area contributed by atoms with Crippen LogP contribution in [0.5, 0.6) is 11.8 Å². The number of amides is 4. The first-order chi connectivity index (χ1) is 39.9. The van der Waals surface area contributed by atoms with Crippen LogP contribution >= 0.6 is 0 Å². The molecule has 8 aliphatic heterocycles. The Hall–Kier alpha value is -6.61. The van der Waals surface area contributed by atoms with Crippen LogP contribution in [0.1, 0.15) is 112 Å². The molecular weight excluding hydrogens is 1050 g/mol. The van der Waals surface area contributed by atoms with Gasteiger partial charge in [0.2, 0.25) is 18.2 Å². The summed E-state index contributed by atoms with van der Waals surface area (Å²) in [4.78, 5) is 75.2. The van der Waals surface area contributed by atoms with Gasteiger partial charge in [-0.15, -0.1) is 0 Å². The van der Waals surface area contributed by atoms with Gasteiger partial charge in [-0.25, -0.2) is 13.8 Å². The first-order valence-electron chi connectivity index (χ1n) is 29.8. The van der Waals surface area contributed by atoms with Crippen LogP contribution in [0.2, 0.25) is 0 Å². The fraction of sp³-hybridized carbons (Fsp3) is 0.565. The number of hydrogen-bond donors (Lipinski definition) is 2. The number of pyridine rings is 1. The number of ether oxygens (including phenoxy) is 3. The minimum atomic E-state index is -0.624. The molecule has 20 heteroatoms. The van der Waals surface area contributed by atoms with E-state index in [0.29, 0.717) is 95.9 Å². The quantitative estimate of drug-likeness (QED) is 0.102. The van der Waals surface area contributed by atoms with E-state index in [1.807, 2.05) is 37.8 Å². The number of likely N-dealkylation sites (tertiary alicyclic amines) is 1. The number of rotatable bonds is 10. The molecule has 13 rings (SSSR count). The molecule has 5 aromatic rings. The van der Waals surface area contributed by atoms with Crippen molar-refractivity contribution >= 4 is 57.3 Å². The normalized spacial score (nSPS) is 21.7. The lowest BCUT2D eigenvalue weighted by Gasteiger charge is -2.39. The molecule has 2 N–H and O–H groups in total. The Morgan fingerprint density at radius 1 is 0.829 bits per heavy atom. The molecule has 3 aromatic carbocycles. The van der Waals surface area contributed by atoms with E-state index in [2.05, 4.69) is 35.7 Å². The van der Waals surface area contributed by atoms with Crippen LogP contribution in [-0.4, -0.2) is 181 Å². The molecule has 8 aliphatic rings. The van der Waals surface area contributed by atoms with Gasteiger partial charge in [-0.1, -0.05) is 26.8 Å². The first-order valence-corrected chi connectivity index (χ1v) is 29.8. The molecule has 6 saturated heterocycles. The zero-order chi connectivity index (χ0) is 57.7. The predicted molar refractivity (Wildman–Crippen MR) is 310 cm³/mol.